The van der Waals surface area contributed by atoms with Crippen molar-refractivity contribution in [3.8, 4) is 5.88 Å². The van der Waals surface area contributed by atoms with E-state index in [2.05, 4.69) is 10.4 Å². The van der Waals surface area contributed by atoms with Gasteiger partial charge in [-0.15, -0.1) is 5.10 Å². The second-order valence-corrected chi connectivity index (χ2v) is 5.16. The molecule has 0 aliphatic rings. The monoisotopic (exact) mass is 356 g/mol. The van der Waals surface area contributed by atoms with Crippen molar-refractivity contribution in [3.05, 3.63) is 41.3 Å². The quantitative estimate of drug-likeness (QED) is 0.825. The van der Waals surface area contributed by atoms with E-state index < -0.39 is 41.5 Å². The van der Waals surface area contributed by atoms with Crippen LogP contribution >= 0.6 is 0 Å². The first-order chi connectivity index (χ1) is 11.7. The summed E-state index contributed by atoms with van der Waals surface area (Å²) in [7, 11) is 4.28. The van der Waals surface area contributed by atoms with Crippen LogP contribution in [0.5, 0.6) is 5.88 Å². The lowest BCUT2D eigenvalue weighted by atomic mass is 10.2. The topological polar surface area (TPSA) is 76.5 Å². The van der Waals surface area contributed by atoms with Crippen LogP contribution in [0.2, 0.25) is 0 Å². The summed E-state index contributed by atoms with van der Waals surface area (Å²) in [6.45, 7) is -0.449. The van der Waals surface area contributed by atoms with Gasteiger partial charge in [0.05, 0.1) is 19.3 Å². The molecular weight excluding hydrogens is 341 g/mol. The summed E-state index contributed by atoms with van der Waals surface area (Å²) in [6, 6.07) is 1.57. The second kappa shape index (κ2) is 7.24. The second-order valence-electron chi connectivity index (χ2n) is 5.16. The molecule has 2 aromatic rings. The number of carbonyl (C=O) groups is 2. The number of carbonyl (C=O) groups excluding carboxylic acids is 2. The predicted molar refractivity (Wildman–Crippen MR) is 81.7 cm³/mol. The molecule has 10 heteroatoms. The molecule has 0 saturated carbocycles. The predicted octanol–water partition coefficient (Wildman–Crippen LogP) is 1.56. The van der Waals surface area contributed by atoms with Crippen molar-refractivity contribution in [1.82, 2.24) is 14.7 Å². The average Bonchev–Trinajstić information content (AvgIpc) is 2.95. The van der Waals surface area contributed by atoms with Crippen LogP contribution in [-0.2, 0) is 11.8 Å². The van der Waals surface area contributed by atoms with Crippen LogP contribution in [0.4, 0.5) is 18.9 Å². The molecule has 0 aliphatic carbocycles. The summed E-state index contributed by atoms with van der Waals surface area (Å²) in [5, 5.41) is 6.01. The molecule has 1 heterocycles. The Kier molecular flexibility index (Phi) is 5.30. The van der Waals surface area contributed by atoms with Gasteiger partial charge in [0.1, 0.15) is 5.56 Å². The fourth-order valence-corrected chi connectivity index (χ4v) is 2.07. The van der Waals surface area contributed by atoms with E-state index in [0.29, 0.717) is 6.07 Å². The van der Waals surface area contributed by atoms with Crippen molar-refractivity contribution in [2.75, 3.05) is 26.0 Å². The first kappa shape index (κ1) is 18.3. The molecule has 7 nitrogen and oxygen atoms in total. The van der Waals surface area contributed by atoms with Crippen molar-refractivity contribution < 1.29 is 27.5 Å². The lowest BCUT2D eigenvalue weighted by molar-refractivity contribution is -0.116. The number of rotatable bonds is 5. The Hall–Kier alpha value is -3.04. The van der Waals surface area contributed by atoms with Gasteiger partial charge in [-0.05, 0) is 12.1 Å². The van der Waals surface area contributed by atoms with Gasteiger partial charge in [0.25, 0.3) is 5.91 Å². The Labute approximate surface area is 141 Å². The molecule has 0 bridgehead atoms. The maximum atomic E-state index is 13.5. The number of aromatic nitrogens is 2. The van der Waals surface area contributed by atoms with Gasteiger partial charge in [-0.3, -0.25) is 14.3 Å². The van der Waals surface area contributed by atoms with E-state index in [1.54, 1.807) is 7.05 Å². The Balaban J connectivity index is 2.07. The number of likely N-dealkylation sites (N-methyl/N-ethyl adjacent to an activating group) is 1. The summed E-state index contributed by atoms with van der Waals surface area (Å²) < 4.78 is 45.9. The van der Waals surface area contributed by atoms with Crippen LogP contribution in [0.3, 0.4) is 0 Å². The molecule has 0 spiro atoms. The number of hydrogen-bond donors (Lipinski definition) is 1. The van der Waals surface area contributed by atoms with Gasteiger partial charge >= 0.3 is 0 Å². The number of halogens is 3. The highest BCUT2D eigenvalue weighted by molar-refractivity contribution is 6.00. The molecule has 0 fully saturated rings. The lowest BCUT2D eigenvalue weighted by Gasteiger charge is -2.16. The van der Waals surface area contributed by atoms with Crippen molar-refractivity contribution in [2.24, 2.45) is 7.05 Å². The number of ether oxygens (including phenoxy) is 1. The standard InChI is InChI=1S/C15H15F3N4O3/c1-21(15(24)8-6-22(2)20-14(8)25-3)7-11(23)19-10-5-4-9(16)12(17)13(10)18/h4-6H,7H2,1-3H3,(H,19,23). The molecule has 25 heavy (non-hydrogen) atoms. The van der Waals surface area contributed by atoms with Gasteiger partial charge in [0.15, 0.2) is 17.5 Å². The third-order valence-electron chi connectivity index (χ3n) is 3.26. The SMILES string of the molecule is COc1nn(C)cc1C(=O)N(C)CC(=O)Nc1ccc(F)c(F)c1F. The van der Waals surface area contributed by atoms with Crippen molar-refractivity contribution in [1.29, 1.82) is 0 Å². The lowest BCUT2D eigenvalue weighted by Crippen LogP contribution is -2.35. The molecule has 1 aromatic carbocycles. The third kappa shape index (κ3) is 3.90. The van der Waals surface area contributed by atoms with Gasteiger partial charge in [-0.2, -0.15) is 0 Å². The zero-order valence-corrected chi connectivity index (χ0v) is 13.6. The molecule has 134 valence electrons. The number of nitrogens with one attached hydrogen (secondary N) is 1. The Bertz CT molecular complexity index is 823. The zero-order valence-electron chi connectivity index (χ0n) is 13.6. The number of aryl methyl sites for hydroxylation is 1. The van der Waals surface area contributed by atoms with E-state index in [0.717, 1.165) is 11.0 Å². The Morgan fingerprint density at radius 2 is 1.96 bits per heavy atom. The number of methoxy groups -OCH3 is 1. The Morgan fingerprint density at radius 3 is 2.60 bits per heavy atom. The largest absolute Gasteiger partial charge is 0.479 e. The third-order valence-corrected chi connectivity index (χ3v) is 3.26. The zero-order chi connectivity index (χ0) is 18.7. The molecule has 1 N–H and O–H groups in total. The molecular formula is C15H15F3N4O3. The van der Waals surface area contributed by atoms with Gasteiger partial charge in [-0.1, -0.05) is 0 Å². The highest BCUT2D eigenvalue weighted by Crippen LogP contribution is 2.20. The Morgan fingerprint density at radius 1 is 1.28 bits per heavy atom. The number of hydrogen-bond acceptors (Lipinski definition) is 4. The van der Waals surface area contributed by atoms with Crippen LogP contribution in [0.1, 0.15) is 10.4 Å². The van der Waals surface area contributed by atoms with Gasteiger partial charge in [-0.25, -0.2) is 13.2 Å². The first-order valence-electron chi connectivity index (χ1n) is 7.01. The molecule has 0 unspecified atom stereocenters. The van der Waals surface area contributed by atoms with E-state index in [4.69, 9.17) is 4.74 Å². The highest BCUT2D eigenvalue weighted by atomic mass is 19.2. The number of benzene rings is 1. The minimum Gasteiger partial charge on any atom is -0.479 e. The van der Waals surface area contributed by atoms with E-state index in [9.17, 15) is 22.8 Å². The smallest absolute Gasteiger partial charge is 0.261 e. The maximum absolute atomic E-state index is 13.5. The fourth-order valence-electron chi connectivity index (χ4n) is 2.07. The normalized spacial score (nSPS) is 10.5. The molecule has 0 aliphatic heterocycles. The van der Waals surface area contributed by atoms with Crippen molar-refractivity contribution in [3.63, 3.8) is 0 Å². The summed E-state index contributed by atoms with van der Waals surface area (Å²) in [5.74, 6) is -5.83. The summed E-state index contributed by atoms with van der Waals surface area (Å²) in [6.07, 6.45) is 1.42. The van der Waals surface area contributed by atoms with E-state index in [-0.39, 0.29) is 11.4 Å². The van der Waals surface area contributed by atoms with Crippen LogP contribution in [0.15, 0.2) is 18.3 Å². The summed E-state index contributed by atoms with van der Waals surface area (Å²) in [5.41, 5.74) is -0.386. The maximum Gasteiger partial charge on any atom is 0.261 e. The first-order valence-corrected chi connectivity index (χ1v) is 7.01. The molecule has 1 aromatic heterocycles. The van der Waals surface area contributed by atoms with Gasteiger partial charge < -0.3 is 15.0 Å². The number of anilines is 1. The molecule has 2 rings (SSSR count). The van der Waals surface area contributed by atoms with Crippen LogP contribution in [0, 0.1) is 17.5 Å². The van der Waals surface area contributed by atoms with E-state index in [1.807, 2.05) is 0 Å². The van der Waals surface area contributed by atoms with Crippen molar-refractivity contribution in [2.45, 2.75) is 0 Å². The van der Waals surface area contributed by atoms with Crippen LogP contribution in [0.25, 0.3) is 0 Å². The molecule has 0 saturated heterocycles. The summed E-state index contributed by atoms with van der Waals surface area (Å²) >= 11 is 0. The molecule has 2 amide bonds. The van der Waals surface area contributed by atoms with Gasteiger partial charge in [0.2, 0.25) is 11.8 Å². The van der Waals surface area contributed by atoms with Crippen LogP contribution < -0.4 is 10.1 Å². The minimum atomic E-state index is -1.69. The van der Waals surface area contributed by atoms with Crippen LogP contribution in [-0.4, -0.2) is 47.2 Å². The van der Waals surface area contributed by atoms with Crippen molar-refractivity contribution >= 4 is 17.5 Å². The van der Waals surface area contributed by atoms with E-state index in [1.165, 1.54) is 25.0 Å². The average molecular weight is 356 g/mol. The fraction of sp³-hybridized carbons (Fsp3) is 0.267. The minimum absolute atomic E-state index is 0.0893. The van der Waals surface area contributed by atoms with E-state index >= 15 is 0 Å². The summed E-state index contributed by atoms with van der Waals surface area (Å²) in [4.78, 5) is 25.3. The molecule has 0 atom stereocenters. The number of nitrogens with zero attached hydrogens (tertiary/aromatic N) is 3. The van der Waals surface area contributed by atoms with Gasteiger partial charge in [0, 0.05) is 20.3 Å². The number of amides is 2. The molecule has 0 radical (unpaired) electrons. The highest BCUT2D eigenvalue weighted by Gasteiger charge is 2.22.